The van der Waals surface area contributed by atoms with Gasteiger partial charge in [-0.2, -0.15) is 0 Å². The highest BCUT2D eigenvalue weighted by molar-refractivity contribution is 7.17. The molecule has 1 aromatic rings. The number of nitrogens with one attached hydrogen (secondary N) is 1. The Morgan fingerprint density at radius 1 is 1.17 bits per heavy atom. The number of carbonyl (C=O) groups excluding carboxylic acids is 2. The van der Waals surface area contributed by atoms with E-state index in [2.05, 4.69) is 12.2 Å². The van der Waals surface area contributed by atoms with Crippen LogP contribution in [0.15, 0.2) is 12.2 Å². The standard InChI is InChI=1S/C22H27NO5S/c1-3-28-22(27)18-14-10-11(2)4-9-15(14)29-20(18)23-19(24)16-12-5-7-13(8-6-12)17(16)21(25)26/h5,7,11-13,16-17H,3-4,6,8-10H2,1-2H3,(H,23,24)(H,25,26)/t11-,12+,13+,16-,17-/m1/s1. The van der Waals surface area contributed by atoms with Crippen LogP contribution < -0.4 is 5.32 Å². The number of aryl methyl sites for hydroxylation is 1. The molecule has 4 aliphatic rings. The molecule has 6 nitrogen and oxygen atoms in total. The van der Waals surface area contributed by atoms with Gasteiger partial charge in [-0.05, 0) is 62.3 Å². The van der Waals surface area contributed by atoms with E-state index in [4.69, 9.17) is 4.74 Å². The van der Waals surface area contributed by atoms with Crippen molar-refractivity contribution >= 4 is 34.2 Å². The van der Waals surface area contributed by atoms with Gasteiger partial charge in [-0.3, -0.25) is 9.59 Å². The van der Waals surface area contributed by atoms with Crippen molar-refractivity contribution in [3.63, 3.8) is 0 Å². The molecule has 0 unspecified atom stereocenters. The number of anilines is 1. The molecule has 7 heteroatoms. The molecule has 1 saturated carbocycles. The molecule has 1 fully saturated rings. The van der Waals surface area contributed by atoms with Crippen molar-refractivity contribution in [2.75, 3.05) is 11.9 Å². The van der Waals surface area contributed by atoms with Crippen molar-refractivity contribution in [3.05, 3.63) is 28.2 Å². The molecule has 0 spiro atoms. The Balaban J connectivity index is 1.65. The van der Waals surface area contributed by atoms with Crippen LogP contribution in [0.2, 0.25) is 0 Å². The fourth-order valence-corrected chi connectivity index (χ4v) is 6.38. The SMILES string of the molecule is CCOC(=O)c1c(NC(=O)[C@H]2[C@H](C(=O)O)[C@H]3C=C[C@H]2CC3)sc2c1C[C@H](C)CC2. The van der Waals surface area contributed by atoms with Gasteiger partial charge in [0.25, 0.3) is 0 Å². The van der Waals surface area contributed by atoms with Crippen LogP contribution in [0, 0.1) is 29.6 Å². The van der Waals surface area contributed by atoms with Crippen LogP contribution in [0.1, 0.15) is 53.9 Å². The largest absolute Gasteiger partial charge is 0.481 e. The number of rotatable bonds is 5. The molecule has 5 rings (SSSR count). The molecule has 0 saturated heterocycles. The highest BCUT2D eigenvalue weighted by Gasteiger charge is 2.48. The van der Waals surface area contributed by atoms with Crippen LogP contribution >= 0.6 is 11.3 Å². The summed E-state index contributed by atoms with van der Waals surface area (Å²) < 4.78 is 5.28. The lowest BCUT2D eigenvalue weighted by Gasteiger charge is -2.41. The lowest BCUT2D eigenvalue weighted by molar-refractivity contribution is -0.151. The second kappa shape index (κ2) is 7.94. The van der Waals surface area contributed by atoms with E-state index in [1.54, 1.807) is 6.92 Å². The van der Waals surface area contributed by atoms with Gasteiger partial charge < -0.3 is 15.2 Å². The van der Waals surface area contributed by atoms with Gasteiger partial charge in [0.15, 0.2) is 0 Å². The summed E-state index contributed by atoms with van der Waals surface area (Å²) >= 11 is 1.44. The number of fused-ring (bicyclic) bond motifs is 3. The lowest BCUT2D eigenvalue weighted by Crippen LogP contribution is -2.47. The predicted octanol–water partition coefficient (Wildman–Crippen LogP) is 3.90. The first-order valence-corrected chi connectivity index (χ1v) is 11.3. The van der Waals surface area contributed by atoms with Crippen molar-refractivity contribution in [1.29, 1.82) is 0 Å². The second-order valence-corrected chi connectivity index (χ2v) is 9.55. The molecule has 1 aromatic heterocycles. The molecule has 0 aliphatic heterocycles. The first kappa shape index (κ1) is 20.1. The van der Waals surface area contributed by atoms with Gasteiger partial charge in [0.2, 0.25) is 5.91 Å². The zero-order valence-electron chi connectivity index (χ0n) is 16.8. The quantitative estimate of drug-likeness (QED) is 0.560. The predicted molar refractivity (Wildman–Crippen MR) is 110 cm³/mol. The number of hydrogen-bond donors (Lipinski definition) is 2. The summed E-state index contributed by atoms with van der Waals surface area (Å²) in [6.45, 7) is 4.20. The topological polar surface area (TPSA) is 92.7 Å². The summed E-state index contributed by atoms with van der Waals surface area (Å²) in [7, 11) is 0. The Hall–Kier alpha value is -2.15. The molecule has 29 heavy (non-hydrogen) atoms. The van der Waals surface area contributed by atoms with E-state index in [9.17, 15) is 19.5 Å². The number of carboxylic acid groups (broad SMARTS) is 1. The van der Waals surface area contributed by atoms with Crippen molar-refractivity contribution in [2.45, 2.75) is 46.0 Å². The number of aliphatic carboxylic acids is 1. The third-order valence-corrected chi connectivity index (χ3v) is 7.77. The number of esters is 1. The molecule has 0 radical (unpaired) electrons. The number of ether oxygens (including phenoxy) is 1. The van der Waals surface area contributed by atoms with Gasteiger partial charge in [-0.1, -0.05) is 19.1 Å². The first-order valence-electron chi connectivity index (χ1n) is 10.4. The highest BCUT2D eigenvalue weighted by Crippen LogP contribution is 2.46. The van der Waals surface area contributed by atoms with Crippen molar-refractivity contribution in [3.8, 4) is 0 Å². The van der Waals surface area contributed by atoms with Gasteiger partial charge in [0, 0.05) is 4.88 Å². The average Bonchev–Trinajstić information content (AvgIpc) is 3.05. The van der Waals surface area contributed by atoms with Crippen LogP contribution in [0.5, 0.6) is 0 Å². The minimum atomic E-state index is -0.922. The summed E-state index contributed by atoms with van der Waals surface area (Å²) in [6.07, 6.45) is 8.31. The van der Waals surface area contributed by atoms with E-state index < -0.39 is 23.8 Å². The van der Waals surface area contributed by atoms with E-state index in [1.165, 1.54) is 11.3 Å². The van der Waals surface area contributed by atoms with E-state index >= 15 is 0 Å². The van der Waals surface area contributed by atoms with Crippen molar-refractivity contribution < 1.29 is 24.2 Å². The maximum Gasteiger partial charge on any atom is 0.341 e. The molecule has 156 valence electrons. The summed E-state index contributed by atoms with van der Waals surface area (Å²) in [5.41, 5.74) is 1.46. The van der Waals surface area contributed by atoms with Gasteiger partial charge in [0.05, 0.1) is 24.0 Å². The van der Waals surface area contributed by atoms with E-state index in [1.807, 2.05) is 12.2 Å². The highest BCUT2D eigenvalue weighted by atomic mass is 32.1. The number of thiophene rings is 1. The fraction of sp³-hybridized carbons (Fsp3) is 0.591. The number of amides is 1. The first-order chi connectivity index (χ1) is 13.9. The molecule has 0 aromatic carbocycles. The Labute approximate surface area is 174 Å². The molecule has 4 aliphatic carbocycles. The monoisotopic (exact) mass is 417 g/mol. The molecule has 5 atom stereocenters. The summed E-state index contributed by atoms with van der Waals surface area (Å²) in [5.74, 6) is -2.64. The van der Waals surface area contributed by atoms with Gasteiger partial charge in [-0.25, -0.2) is 4.79 Å². The Morgan fingerprint density at radius 3 is 2.48 bits per heavy atom. The van der Waals surface area contributed by atoms with Crippen LogP contribution in [-0.2, 0) is 27.2 Å². The van der Waals surface area contributed by atoms with Crippen molar-refractivity contribution in [1.82, 2.24) is 0 Å². The maximum absolute atomic E-state index is 13.2. The molecular weight excluding hydrogens is 390 g/mol. The number of carboxylic acids is 1. The average molecular weight is 418 g/mol. The smallest absolute Gasteiger partial charge is 0.341 e. The second-order valence-electron chi connectivity index (χ2n) is 8.45. The summed E-state index contributed by atoms with van der Waals surface area (Å²) in [4.78, 5) is 38.9. The maximum atomic E-state index is 13.2. The van der Waals surface area contributed by atoms with Crippen LogP contribution in [0.25, 0.3) is 0 Å². The van der Waals surface area contributed by atoms with E-state index in [-0.39, 0.29) is 24.3 Å². The number of hydrogen-bond acceptors (Lipinski definition) is 5. The Kier molecular flexibility index (Phi) is 5.51. The van der Waals surface area contributed by atoms with Gasteiger partial charge in [0.1, 0.15) is 5.00 Å². The molecule has 1 amide bonds. The zero-order chi connectivity index (χ0) is 20.7. The van der Waals surface area contributed by atoms with E-state index in [0.29, 0.717) is 16.5 Å². The summed E-state index contributed by atoms with van der Waals surface area (Å²) in [5, 5.41) is 13.2. The molecular formula is C22H27NO5S. The van der Waals surface area contributed by atoms with Gasteiger partial charge >= 0.3 is 11.9 Å². The normalized spacial score (nSPS) is 29.9. The molecule has 2 N–H and O–H groups in total. The van der Waals surface area contributed by atoms with Crippen LogP contribution in [-0.4, -0.2) is 29.6 Å². The van der Waals surface area contributed by atoms with Gasteiger partial charge in [-0.15, -0.1) is 11.3 Å². The Bertz CT molecular complexity index is 873. The molecule has 1 heterocycles. The zero-order valence-corrected chi connectivity index (χ0v) is 17.6. The lowest BCUT2D eigenvalue weighted by atomic mass is 9.62. The molecule has 2 bridgehead atoms. The van der Waals surface area contributed by atoms with Crippen molar-refractivity contribution in [2.24, 2.45) is 29.6 Å². The third kappa shape index (κ3) is 3.61. The third-order valence-electron chi connectivity index (χ3n) is 6.56. The minimum Gasteiger partial charge on any atom is -0.481 e. The number of carbonyl (C=O) groups is 3. The fourth-order valence-electron chi connectivity index (χ4n) is 5.15. The van der Waals surface area contributed by atoms with E-state index in [0.717, 1.165) is 42.5 Å². The Morgan fingerprint density at radius 2 is 1.86 bits per heavy atom. The summed E-state index contributed by atoms with van der Waals surface area (Å²) in [6, 6.07) is 0. The van der Waals surface area contributed by atoms with Crippen LogP contribution in [0.3, 0.4) is 0 Å². The minimum absolute atomic E-state index is 0.0678. The van der Waals surface area contributed by atoms with Crippen LogP contribution in [0.4, 0.5) is 5.00 Å². The number of allylic oxidation sites excluding steroid dienone is 2.